The number of carbonyl (C=O) groups is 1. The Kier molecular flexibility index (Phi) is 7.34. The summed E-state index contributed by atoms with van der Waals surface area (Å²) >= 11 is 0. The van der Waals surface area contributed by atoms with Crippen molar-refractivity contribution in [3.05, 3.63) is 59.6 Å². The molecule has 1 aromatic heterocycles. The normalized spacial score (nSPS) is 12.6. The number of carbonyl (C=O) groups excluding carboxylic acids is 1. The van der Waals surface area contributed by atoms with E-state index in [1.54, 1.807) is 33.3 Å². The second kappa shape index (κ2) is 9.70. The molecular formula is C19H24F2N4O2. The number of hydrogen-bond donors (Lipinski definition) is 2. The van der Waals surface area contributed by atoms with Gasteiger partial charge in [0.05, 0.1) is 12.3 Å². The van der Waals surface area contributed by atoms with Crippen LogP contribution in [0.1, 0.15) is 24.3 Å². The molecule has 2 aromatic rings. The standard InChI is InChI=1S/C19H24F2N4O2/c1-13(16-7-6-14(20)11-17(16)21)24-19(23-12-18(26)25(2)3)22-9-8-15-5-4-10-27-15/h4-7,10-11,13H,8-9,12H2,1-3H3,(H2,22,23,24). The second-order valence-corrected chi connectivity index (χ2v) is 6.24. The van der Waals surface area contributed by atoms with E-state index in [-0.39, 0.29) is 12.5 Å². The molecule has 1 unspecified atom stereocenters. The molecule has 1 amide bonds. The number of nitrogens with zero attached hydrogens (tertiary/aromatic N) is 2. The Hall–Kier alpha value is -2.90. The molecular weight excluding hydrogens is 354 g/mol. The van der Waals surface area contributed by atoms with Crippen LogP contribution in [0.5, 0.6) is 0 Å². The highest BCUT2D eigenvalue weighted by Crippen LogP contribution is 2.17. The van der Waals surface area contributed by atoms with E-state index < -0.39 is 17.7 Å². The first-order valence-electron chi connectivity index (χ1n) is 8.59. The molecule has 0 fully saturated rings. The highest BCUT2D eigenvalue weighted by Gasteiger charge is 2.14. The van der Waals surface area contributed by atoms with Crippen LogP contribution in [0.15, 0.2) is 46.0 Å². The molecule has 2 rings (SSSR count). The summed E-state index contributed by atoms with van der Waals surface area (Å²) < 4.78 is 32.4. The summed E-state index contributed by atoms with van der Waals surface area (Å²) in [5.74, 6) is -0.278. The number of hydrogen-bond acceptors (Lipinski definition) is 3. The first kappa shape index (κ1) is 20.4. The van der Waals surface area contributed by atoms with Crippen LogP contribution in [0.2, 0.25) is 0 Å². The first-order chi connectivity index (χ1) is 12.9. The number of amides is 1. The summed E-state index contributed by atoms with van der Waals surface area (Å²) in [7, 11) is 3.29. The van der Waals surface area contributed by atoms with Crippen molar-refractivity contribution in [2.45, 2.75) is 19.4 Å². The molecule has 0 spiro atoms. The Labute approximate surface area is 157 Å². The van der Waals surface area contributed by atoms with Gasteiger partial charge in [-0.3, -0.25) is 4.79 Å². The van der Waals surface area contributed by atoms with Crippen molar-refractivity contribution in [1.29, 1.82) is 0 Å². The van der Waals surface area contributed by atoms with Gasteiger partial charge in [0.25, 0.3) is 0 Å². The van der Waals surface area contributed by atoms with Gasteiger partial charge in [0.2, 0.25) is 5.91 Å². The summed E-state index contributed by atoms with van der Waals surface area (Å²) in [6, 6.07) is 6.61. The number of likely N-dealkylation sites (N-methyl/N-ethyl adjacent to an activating group) is 1. The quantitative estimate of drug-likeness (QED) is 0.574. The van der Waals surface area contributed by atoms with Crippen molar-refractivity contribution in [1.82, 2.24) is 15.5 Å². The van der Waals surface area contributed by atoms with E-state index in [9.17, 15) is 13.6 Å². The Bertz CT molecular complexity index is 776. The van der Waals surface area contributed by atoms with Crippen molar-refractivity contribution in [3.8, 4) is 0 Å². The monoisotopic (exact) mass is 378 g/mol. The predicted octanol–water partition coefficient (Wildman–Crippen LogP) is 2.48. The fraction of sp³-hybridized carbons (Fsp3) is 0.368. The van der Waals surface area contributed by atoms with Gasteiger partial charge in [-0.25, -0.2) is 13.8 Å². The van der Waals surface area contributed by atoms with Crippen molar-refractivity contribution in [2.24, 2.45) is 4.99 Å². The van der Waals surface area contributed by atoms with Gasteiger partial charge in [0.1, 0.15) is 23.9 Å². The highest BCUT2D eigenvalue weighted by atomic mass is 19.1. The van der Waals surface area contributed by atoms with Gasteiger partial charge in [-0.15, -0.1) is 0 Å². The van der Waals surface area contributed by atoms with Gasteiger partial charge >= 0.3 is 0 Å². The maximum absolute atomic E-state index is 14.0. The minimum absolute atomic E-state index is 0.0539. The van der Waals surface area contributed by atoms with E-state index in [1.807, 2.05) is 6.07 Å². The van der Waals surface area contributed by atoms with Gasteiger partial charge in [0.15, 0.2) is 5.96 Å². The largest absolute Gasteiger partial charge is 0.469 e. The van der Waals surface area contributed by atoms with Crippen molar-refractivity contribution < 1.29 is 18.0 Å². The molecule has 27 heavy (non-hydrogen) atoms. The third-order valence-corrected chi connectivity index (χ3v) is 3.90. The van der Waals surface area contributed by atoms with E-state index in [1.165, 1.54) is 17.0 Å². The summed E-state index contributed by atoms with van der Waals surface area (Å²) in [6.07, 6.45) is 2.21. The van der Waals surface area contributed by atoms with E-state index in [0.29, 0.717) is 24.5 Å². The number of aliphatic imine (C=N–C) groups is 1. The van der Waals surface area contributed by atoms with E-state index in [2.05, 4.69) is 15.6 Å². The lowest BCUT2D eigenvalue weighted by atomic mass is 10.1. The van der Waals surface area contributed by atoms with Crippen LogP contribution in [0.3, 0.4) is 0 Å². The smallest absolute Gasteiger partial charge is 0.243 e. The topological polar surface area (TPSA) is 69.9 Å². The lowest BCUT2D eigenvalue weighted by molar-refractivity contribution is -0.127. The van der Waals surface area contributed by atoms with Crippen LogP contribution in [-0.4, -0.2) is 44.0 Å². The molecule has 1 aromatic carbocycles. The zero-order chi connectivity index (χ0) is 19.8. The lowest BCUT2D eigenvalue weighted by Gasteiger charge is -2.19. The van der Waals surface area contributed by atoms with Crippen molar-refractivity contribution in [2.75, 3.05) is 27.2 Å². The molecule has 1 atom stereocenters. The van der Waals surface area contributed by atoms with Crippen LogP contribution in [-0.2, 0) is 11.2 Å². The van der Waals surface area contributed by atoms with Crippen LogP contribution in [0.4, 0.5) is 8.78 Å². The minimum Gasteiger partial charge on any atom is -0.469 e. The number of furan rings is 1. The Morgan fingerprint density at radius 3 is 2.70 bits per heavy atom. The van der Waals surface area contributed by atoms with Gasteiger partial charge < -0.3 is 20.0 Å². The van der Waals surface area contributed by atoms with Crippen molar-refractivity contribution in [3.63, 3.8) is 0 Å². The lowest BCUT2D eigenvalue weighted by Crippen LogP contribution is -2.40. The zero-order valence-electron chi connectivity index (χ0n) is 15.6. The Balaban J connectivity index is 2.05. The molecule has 0 bridgehead atoms. The molecule has 0 radical (unpaired) electrons. The maximum Gasteiger partial charge on any atom is 0.243 e. The maximum atomic E-state index is 14.0. The van der Waals surface area contributed by atoms with Gasteiger partial charge in [-0.05, 0) is 25.1 Å². The van der Waals surface area contributed by atoms with Crippen LogP contribution in [0, 0.1) is 11.6 Å². The summed E-state index contributed by atoms with van der Waals surface area (Å²) in [5, 5.41) is 6.14. The number of guanidine groups is 1. The van der Waals surface area contributed by atoms with Gasteiger partial charge in [0, 0.05) is 38.7 Å². The summed E-state index contributed by atoms with van der Waals surface area (Å²) in [4.78, 5) is 17.5. The fourth-order valence-electron chi connectivity index (χ4n) is 2.34. The van der Waals surface area contributed by atoms with E-state index >= 15 is 0 Å². The second-order valence-electron chi connectivity index (χ2n) is 6.24. The van der Waals surface area contributed by atoms with E-state index in [0.717, 1.165) is 11.8 Å². The molecule has 0 aliphatic rings. The number of benzene rings is 1. The molecule has 6 nitrogen and oxygen atoms in total. The fourth-order valence-corrected chi connectivity index (χ4v) is 2.34. The predicted molar refractivity (Wildman–Crippen MR) is 99.3 cm³/mol. The molecule has 146 valence electrons. The van der Waals surface area contributed by atoms with Gasteiger partial charge in [-0.1, -0.05) is 6.07 Å². The number of halogens is 2. The third-order valence-electron chi connectivity index (χ3n) is 3.90. The van der Waals surface area contributed by atoms with Gasteiger partial charge in [-0.2, -0.15) is 0 Å². The Morgan fingerprint density at radius 2 is 2.07 bits per heavy atom. The molecule has 0 saturated carbocycles. The average Bonchev–Trinajstić information content (AvgIpc) is 3.12. The molecule has 0 saturated heterocycles. The molecule has 0 aliphatic carbocycles. The summed E-state index contributed by atoms with van der Waals surface area (Å²) in [6.45, 7) is 2.18. The first-order valence-corrected chi connectivity index (χ1v) is 8.59. The molecule has 0 aliphatic heterocycles. The molecule has 2 N–H and O–H groups in total. The Morgan fingerprint density at radius 1 is 1.30 bits per heavy atom. The SMILES string of the molecule is CC(NC(=NCC(=O)N(C)C)NCCc1ccco1)c1ccc(F)cc1F. The van der Waals surface area contributed by atoms with E-state index in [4.69, 9.17) is 4.42 Å². The highest BCUT2D eigenvalue weighted by molar-refractivity contribution is 5.85. The minimum atomic E-state index is -0.644. The third kappa shape index (κ3) is 6.40. The van der Waals surface area contributed by atoms with Crippen LogP contribution >= 0.6 is 0 Å². The summed E-state index contributed by atoms with van der Waals surface area (Å²) in [5.41, 5.74) is 0.302. The molecule has 8 heteroatoms. The average molecular weight is 378 g/mol. The number of rotatable bonds is 7. The van der Waals surface area contributed by atoms with Crippen molar-refractivity contribution >= 4 is 11.9 Å². The molecule has 1 heterocycles. The van der Waals surface area contributed by atoms with Crippen LogP contribution in [0.25, 0.3) is 0 Å². The number of nitrogens with one attached hydrogen (secondary N) is 2. The zero-order valence-corrected chi connectivity index (χ0v) is 15.6. The van der Waals surface area contributed by atoms with Crippen LogP contribution < -0.4 is 10.6 Å².